The highest BCUT2D eigenvalue weighted by Crippen LogP contribution is 2.27. The zero-order chi connectivity index (χ0) is 29.0. The minimum absolute atomic E-state index is 0.470. The van der Waals surface area contributed by atoms with E-state index in [1.165, 1.54) is 5.56 Å². The molecule has 5 rings (SSSR count). The number of carbonyl (C=O) groups excluding carboxylic acids is 1. The molecule has 0 fully saturated rings. The van der Waals surface area contributed by atoms with E-state index in [0.717, 1.165) is 39.7 Å². The van der Waals surface area contributed by atoms with Gasteiger partial charge in [0.1, 0.15) is 5.75 Å². The predicted molar refractivity (Wildman–Crippen MR) is 177 cm³/mol. The average molecular weight is 546 g/mol. The molecule has 5 aromatic carbocycles. The standard InChI is InChI=1S/C39H31NO2/c1-2-39(41)42-38-27-23-34(24-28-38)16-15-33-21-25-37(26-22-33)40(36-11-7-4-8-12-36)30-29-35-19-17-32(18-20-35)14-13-31-9-5-3-6-10-31/h2-30H,1H2. The summed E-state index contributed by atoms with van der Waals surface area (Å²) in [6.45, 7) is 3.42. The molecule has 204 valence electrons. The first-order valence-corrected chi connectivity index (χ1v) is 13.7. The monoisotopic (exact) mass is 545 g/mol. The third-order valence-electron chi connectivity index (χ3n) is 6.56. The van der Waals surface area contributed by atoms with Gasteiger partial charge >= 0.3 is 5.97 Å². The molecule has 0 heterocycles. The van der Waals surface area contributed by atoms with Crippen molar-refractivity contribution in [3.8, 4) is 5.75 Å². The first-order chi connectivity index (χ1) is 20.7. The molecule has 0 radical (unpaired) electrons. The second kappa shape index (κ2) is 14.1. The molecule has 0 aliphatic rings. The highest BCUT2D eigenvalue weighted by Gasteiger charge is 2.06. The molecule has 3 nitrogen and oxygen atoms in total. The Balaban J connectivity index is 1.28. The van der Waals surface area contributed by atoms with Crippen LogP contribution in [0.5, 0.6) is 5.75 Å². The van der Waals surface area contributed by atoms with Crippen molar-refractivity contribution in [2.45, 2.75) is 0 Å². The lowest BCUT2D eigenvalue weighted by Crippen LogP contribution is -2.08. The van der Waals surface area contributed by atoms with Crippen LogP contribution >= 0.6 is 0 Å². The quantitative estimate of drug-likeness (QED) is 0.0757. The van der Waals surface area contributed by atoms with Crippen LogP contribution in [0.25, 0.3) is 30.4 Å². The molecular formula is C39H31NO2. The molecule has 0 bridgehead atoms. The van der Waals surface area contributed by atoms with Gasteiger partial charge in [-0.05, 0) is 70.3 Å². The molecule has 5 aromatic rings. The number of para-hydroxylation sites is 1. The van der Waals surface area contributed by atoms with Crippen molar-refractivity contribution in [1.29, 1.82) is 0 Å². The maximum absolute atomic E-state index is 11.4. The maximum Gasteiger partial charge on any atom is 0.335 e. The van der Waals surface area contributed by atoms with Crippen molar-refractivity contribution in [3.05, 3.63) is 180 Å². The van der Waals surface area contributed by atoms with Crippen LogP contribution in [-0.2, 0) is 4.79 Å². The van der Waals surface area contributed by atoms with E-state index in [1.807, 2.05) is 54.6 Å². The van der Waals surface area contributed by atoms with E-state index in [0.29, 0.717) is 5.75 Å². The number of carbonyl (C=O) groups is 1. The number of esters is 1. The van der Waals surface area contributed by atoms with Gasteiger partial charge < -0.3 is 9.64 Å². The van der Waals surface area contributed by atoms with Crippen molar-refractivity contribution < 1.29 is 9.53 Å². The lowest BCUT2D eigenvalue weighted by molar-refractivity contribution is -0.128. The molecule has 0 amide bonds. The van der Waals surface area contributed by atoms with Crippen LogP contribution in [0.1, 0.15) is 27.8 Å². The number of ether oxygens (including phenoxy) is 1. The van der Waals surface area contributed by atoms with E-state index >= 15 is 0 Å². The Kier molecular flexibility index (Phi) is 9.36. The molecule has 0 aliphatic heterocycles. The third-order valence-corrected chi connectivity index (χ3v) is 6.56. The van der Waals surface area contributed by atoms with Gasteiger partial charge in [-0.2, -0.15) is 0 Å². The molecule has 0 aromatic heterocycles. The van der Waals surface area contributed by atoms with Gasteiger partial charge in [0.05, 0.1) is 0 Å². The highest BCUT2D eigenvalue weighted by atomic mass is 16.5. The van der Waals surface area contributed by atoms with Gasteiger partial charge in [-0.1, -0.05) is 128 Å². The highest BCUT2D eigenvalue weighted by molar-refractivity contribution is 5.83. The number of nitrogens with zero attached hydrogens (tertiary/aromatic N) is 1. The summed E-state index contributed by atoms with van der Waals surface area (Å²) in [6, 6.07) is 45.0. The second-order valence-electron chi connectivity index (χ2n) is 9.55. The minimum atomic E-state index is -0.470. The fourth-order valence-electron chi connectivity index (χ4n) is 4.29. The normalized spacial score (nSPS) is 11.2. The molecule has 0 unspecified atom stereocenters. The molecule has 0 aliphatic carbocycles. The largest absolute Gasteiger partial charge is 0.423 e. The zero-order valence-electron chi connectivity index (χ0n) is 23.2. The van der Waals surface area contributed by atoms with Crippen LogP contribution in [0.3, 0.4) is 0 Å². The smallest absolute Gasteiger partial charge is 0.335 e. The second-order valence-corrected chi connectivity index (χ2v) is 9.55. The van der Waals surface area contributed by atoms with Crippen LogP contribution in [-0.4, -0.2) is 5.97 Å². The Morgan fingerprint density at radius 2 is 0.905 bits per heavy atom. The van der Waals surface area contributed by atoms with Gasteiger partial charge in [-0.25, -0.2) is 4.79 Å². The summed E-state index contributed by atoms with van der Waals surface area (Å²) in [5, 5.41) is 0. The fourth-order valence-corrected chi connectivity index (χ4v) is 4.29. The molecule has 3 heteroatoms. The average Bonchev–Trinajstić information content (AvgIpc) is 3.05. The van der Waals surface area contributed by atoms with E-state index < -0.39 is 5.97 Å². The van der Waals surface area contributed by atoms with E-state index in [4.69, 9.17) is 4.74 Å². The summed E-state index contributed by atoms with van der Waals surface area (Å²) in [5.41, 5.74) is 7.69. The van der Waals surface area contributed by atoms with Gasteiger partial charge in [-0.3, -0.25) is 0 Å². The summed E-state index contributed by atoms with van der Waals surface area (Å²) in [5.74, 6) is 0.0222. The van der Waals surface area contributed by atoms with Gasteiger partial charge in [0.25, 0.3) is 0 Å². The van der Waals surface area contributed by atoms with E-state index in [2.05, 4.69) is 115 Å². The third kappa shape index (κ3) is 7.93. The molecule has 0 spiro atoms. The first-order valence-electron chi connectivity index (χ1n) is 13.7. The van der Waals surface area contributed by atoms with Gasteiger partial charge in [0.2, 0.25) is 0 Å². The summed E-state index contributed by atoms with van der Waals surface area (Å²) in [4.78, 5) is 13.5. The summed E-state index contributed by atoms with van der Waals surface area (Å²) in [6.07, 6.45) is 13.7. The lowest BCUT2D eigenvalue weighted by atomic mass is 10.1. The predicted octanol–water partition coefficient (Wildman–Crippen LogP) is 9.93. The Bertz CT molecular complexity index is 1680. The number of benzene rings is 5. The summed E-state index contributed by atoms with van der Waals surface area (Å²) < 4.78 is 5.14. The SMILES string of the molecule is C=CC(=O)Oc1ccc(C=Cc2ccc(N(C=Cc3ccc(C=Cc4ccccc4)cc3)c3ccccc3)cc2)cc1. The Morgan fingerprint density at radius 1 is 0.500 bits per heavy atom. The zero-order valence-corrected chi connectivity index (χ0v) is 23.2. The van der Waals surface area contributed by atoms with E-state index in [1.54, 1.807) is 12.1 Å². The van der Waals surface area contributed by atoms with Crippen molar-refractivity contribution in [2.75, 3.05) is 4.90 Å². The summed E-state index contributed by atoms with van der Waals surface area (Å²) >= 11 is 0. The molecule has 42 heavy (non-hydrogen) atoms. The van der Waals surface area contributed by atoms with E-state index in [-0.39, 0.29) is 0 Å². The Labute approximate surface area is 247 Å². The molecular weight excluding hydrogens is 514 g/mol. The van der Waals surface area contributed by atoms with Crippen LogP contribution in [0.15, 0.2) is 152 Å². The number of rotatable bonds is 10. The number of hydrogen-bond donors (Lipinski definition) is 0. The number of hydrogen-bond acceptors (Lipinski definition) is 3. The molecule has 0 N–H and O–H groups in total. The van der Waals surface area contributed by atoms with Crippen molar-refractivity contribution in [3.63, 3.8) is 0 Å². The van der Waals surface area contributed by atoms with Crippen molar-refractivity contribution >= 4 is 47.7 Å². The lowest BCUT2D eigenvalue weighted by Gasteiger charge is -2.21. The maximum atomic E-state index is 11.4. The number of anilines is 2. The van der Waals surface area contributed by atoms with Crippen LogP contribution in [0, 0.1) is 0 Å². The Morgan fingerprint density at radius 3 is 1.43 bits per heavy atom. The molecule has 0 atom stereocenters. The first kappa shape index (κ1) is 27.9. The summed E-state index contributed by atoms with van der Waals surface area (Å²) in [7, 11) is 0. The topological polar surface area (TPSA) is 29.5 Å². The Hall–Kier alpha value is -5.67. The molecule has 0 saturated heterocycles. The van der Waals surface area contributed by atoms with Crippen LogP contribution in [0.4, 0.5) is 11.4 Å². The van der Waals surface area contributed by atoms with Gasteiger partial charge in [0, 0.05) is 23.7 Å². The van der Waals surface area contributed by atoms with Gasteiger partial charge in [-0.15, -0.1) is 0 Å². The fraction of sp³-hybridized carbons (Fsp3) is 0. The minimum Gasteiger partial charge on any atom is -0.423 e. The molecule has 0 saturated carbocycles. The van der Waals surface area contributed by atoms with Crippen molar-refractivity contribution in [1.82, 2.24) is 0 Å². The van der Waals surface area contributed by atoms with Gasteiger partial charge in [0.15, 0.2) is 0 Å². The van der Waals surface area contributed by atoms with E-state index in [9.17, 15) is 4.79 Å². The van der Waals surface area contributed by atoms with Crippen LogP contribution in [0.2, 0.25) is 0 Å². The van der Waals surface area contributed by atoms with Crippen LogP contribution < -0.4 is 9.64 Å². The van der Waals surface area contributed by atoms with Crippen molar-refractivity contribution in [2.24, 2.45) is 0 Å².